The summed E-state index contributed by atoms with van der Waals surface area (Å²) in [6.07, 6.45) is 3.65. The van der Waals surface area contributed by atoms with Crippen molar-refractivity contribution < 1.29 is 4.74 Å². The molecule has 0 bridgehead atoms. The molecule has 0 amide bonds. The topological polar surface area (TPSA) is 47.6 Å². The van der Waals surface area contributed by atoms with Gasteiger partial charge in [0.15, 0.2) is 0 Å². The van der Waals surface area contributed by atoms with Crippen molar-refractivity contribution >= 4 is 5.69 Å². The Labute approximate surface area is 181 Å². The zero-order valence-corrected chi connectivity index (χ0v) is 18.8. The molecule has 1 aromatic heterocycles. The van der Waals surface area contributed by atoms with E-state index in [4.69, 9.17) is 4.74 Å². The summed E-state index contributed by atoms with van der Waals surface area (Å²) in [6, 6.07) is 11.3. The number of H-pyrrole nitrogens is 1. The normalized spacial score (nSPS) is 21.3. The predicted octanol–water partition coefficient (Wildman–Crippen LogP) is 3.40. The van der Waals surface area contributed by atoms with E-state index in [2.05, 4.69) is 63.0 Å². The van der Waals surface area contributed by atoms with E-state index in [1.807, 2.05) is 6.07 Å². The fourth-order valence-electron chi connectivity index (χ4n) is 4.95. The summed E-state index contributed by atoms with van der Waals surface area (Å²) in [4.78, 5) is 7.78. The third-order valence-electron chi connectivity index (χ3n) is 6.43. The number of ether oxygens (including phenoxy) is 1. The van der Waals surface area contributed by atoms with E-state index in [0.29, 0.717) is 12.0 Å². The van der Waals surface area contributed by atoms with Crippen LogP contribution in [0, 0.1) is 5.92 Å². The van der Waals surface area contributed by atoms with Crippen LogP contribution in [0.4, 0.5) is 5.69 Å². The molecule has 30 heavy (non-hydrogen) atoms. The number of likely N-dealkylation sites (tertiary alicyclic amines) is 1. The van der Waals surface area contributed by atoms with Crippen molar-refractivity contribution in [2.24, 2.45) is 5.92 Å². The van der Waals surface area contributed by atoms with Gasteiger partial charge in [-0.1, -0.05) is 26.0 Å². The molecule has 0 spiro atoms. The molecule has 4 rings (SSSR count). The van der Waals surface area contributed by atoms with E-state index in [0.717, 1.165) is 51.4 Å². The summed E-state index contributed by atoms with van der Waals surface area (Å²) in [5.41, 5.74) is 3.68. The second-order valence-electron chi connectivity index (χ2n) is 9.21. The number of methoxy groups -OCH3 is 1. The molecule has 2 aliphatic rings. The monoisotopic (exact) mass is 411 g/mol. The molecular weight excluding hydrogens is 374 g/mol. The second kappa shape index (κ2) is 9.84. The lowest BCUT2D eigenvalue weighted by molar-refractivity contribution is 0.0880. The molecule has 0 aliphatic carbocycles. The van der Waals surface area contributed by atoms with Gasteiger partial charge in [-0.15, -0.1) is 0 Å². The number of anilines is 1. The van der Waals surface area contributed by atoms with Crippen molar-refractivity contribution in [3.63, 3.8) is 0 Å². The maximum Gasteiger partial charge on any atom is 0.142 e. The number of rotatable bonds is 7. The van der Waals surface area contributed by atoms with E-state index in [-0.39, 0.29) is 0 Å². The molecule has 1 N–H and O–H groups in total. The Kier molecular flexibility index (Phi) is 6.95. The first-order valence-corrected chi connectivity index (χ1v) is 11.5. The molecule has 6 nitrogen and oxygen atoms in total. The average molecular weight is 412 g/mol. The maximum atomic E-state index is 5.57. The van der Waals surface area contributed by atoms with Gasteiger partial charge in [0.05, 0.1) is 18.5 Å². The number of hydrogen-bond donors (Lipinski definition) is 1. The van der Waals surface area contributed by atoms with E-state index < -0.39 is 0 Å². The average Bonchev–Trinajstić information content (AvgIpc) is 3.20. The molecule has 2 aromatic rings. The van der Waals surface area contributed by atoms with Crippen molar-refractivity contribution in [3.05, 3.63) is 41.7 Å². The Hall–Kier alpha value is -2.05. The Morgan fingerprint density at radius 2 is 1.93 bits per heavy atom. The lowest BCUT2D eigenvalue weighted by Gasteiger charge is -2.44. The smallest absolute Gasteiger partial charge is 0.142 e. The number of aromatic nitrogens is 2. The molecule has 3 heterocycles. The molecule has 164 valence electrons. The third-order valence-corrected chi connectivity index (χ3v) is 6.43. The summed E-state index contributed by atoms with van der Waals surface area (Å²) >= 11 is 0. The number of hydrogen-bond acceptors (Lipinski definition) is 5. The number of piperidine rings is 1. The van der Waals surface area contributed by atoms with Crippen LogP contribution >= 0.6 is 0 Å². The van der Waals surface area contributed by atoms with Gasteiger partial charge >= 0.3 is 0 Å². The summed E-state index contributed by atoms with van der Waals surface area (Å²) in [5, 5.41) is 7.77. The molecule has 1 atom stereocenters. The highest BCUT2D eigenvalue weighted by molar-refractivity contribution is 5.58. The van der Waals surface area contributed by atoms with Gasteiger partial charge in [0.25, 0.3) is 0 Å². The SMILES string of the molecule is COc1ccccc1N1CCN([C@H]2CCCN(Cc3cc(CC(C)C)n[nH]3)C2)CC1. The largest absolute Gasteiger partial charge is 0.495 e. The van der Waals surface area contributed by atoms with Gasteiger partial charge in [-0.2, -0.15) is 5.10 Å². The van der Waals surface area contributed by atoms with Crippen LogP contribution in [0.5, 0.6) is 5.75 Å². The van der Waals surface area contributed by atoms with Crippen molar-refractivity contribution in [2.45, 2.75) is 45.7 Å². The lowest BCUT2D eigenvalue weighted by atomic mass is 10.0. The maximum absolute atomic E-state index is 5.57. The summed E-state index contributed by atoms with van der Waals surface area (Å²) in [7, 11) is 1.76. The molecular formula is C24H37N5O. The van der Waals surface area contributed by atoms with Gasteiger partial charge in [0.1, 0.15) is 5.75 Å². The zero-order valence-electron chi connectivity index (χ0n) is 18.8. The molecule has 0 saturated carbocycles. The number of benzene rings is 1. The van der Waals surface area contributed by atoms with Crippen LogP contribution in [0.3, 0.4) is 0 Å². The number of para-hydroxylation sites is 2. The summed E-state index contributed by atoms with van der Waals surface area (Å²) in [6.45, 7) is 12.2. The number of nitrogens with zero attached hydrogens (tertiary/aromatic N) is 4. The van der Waals surface area contributed by atoms with Crippen LogP contribution in [0.1, 0.15) is 38.1 Å². The quantitative estimate of drug-likeness (QED) is 0.757. The minimum Gasteiger partial charge on any atom is -0.495 e. The first-order valence-electron chi connectivity index (χ1n) is 11.5. The first-order chi connectivity index (χ1) is 14.6. The van der Waals surface area contributed by atoms with Crippen molar-refractivity contribution in [3.8, 4) is 5.75 Å². The highest BCUT2D eigenvalue weighted by atomic mass is 16.5. The molecule has 1 aromatic carbocycles. The van der Waals surface area contributed by atoms with E-state index >= 15 is 0 Å². The fourth-order valence-corrected chi connectivity index (χ4v) is 4.95. The van der Waals surface area contributed by atoms with Gasteiger partial charge in [0.2, 0.25) is 0 Å². The van der Waals surface area contributed by atoms with Gasteiger partial charge in [-0.25, -0.2) is 0 Å². The highest BCUT2D eigenvalue weighted by Crippen LogP contribution is 2.29. The van der Waals surface area contributed by atoms with E-state index in [1.165, 1.54) is 36.5 Å². The Bertz CT molecular complexity index is 796. The number of aromatic amines is 1. The summed E-state index contributed by atoms with van der Waals surface area (Å²) < 4.78 is 5.57. The molecule has 2 saturated heterocycles. The number of nitrogens with one attached hydrogen (secondary N) is 1. The Morgan fingerprint density at radius 3 is 2.70 bits per heavy atom. The molecule has 6 heteroatoms. The molecule has 0 unspecified atom stereocenters. The minimum atomic E-state index is 0.648. The molecule has 2 aliphatic heterocycles. The van der Waals surface area contributed by atoms with Crippen LogP contribution in [-0.4, -0.2) is 72.4 Å². The number of piperazine rings is 1. The first kappa shape index (κ1) is 21.2. The van der Waals surface area contributed by atoms with Crippen LogP contribution in [0.2, 0.25) is 0 Å². The second-order valence-corrected chi connectivity index (χ2v) is 9.21. The van der Waals surface area contributed by atoms with Crippen LogP contribution in [0.25, 0.3) is 0 Å². The lowest BCUT2D eigenvalue weighted by Crippen LogP contribution is -2.55. The predicted molar refractivity (Wildman–Crippen MR) is 122 cm³/mol. The highest BCUT2D eigenvalue weighted by Gasteiger charge is 2.29. The van der Waals surface area contributed by atoms with E-state index in [9.17, 15) is 0 Å². The van der Waals surface area contributed by atoms with Gasteiger partial charge in [-0.3, -0.25) is 14.9 Å². The minimum absolute atomic E-state index is 0.648. The van der Waals surface area contributed by atoms with Gasteiger partial charge < -0.3 is 9.64 Å². The van der Waals surface area contributed by atoms with Crippen molar-refractivity contribution in [2.75, 3.05) is 51.3 Å². The van der Waals surface area contributed by atoms with Gasteiger partial charge in [-0.05, 0) is 49.9 Å². The summed E-state index contributed by atoms with van der Waals surface area (Å²) in [5.74, 6) is 1.63. The molecule has 0 radical (unpaired) electrons. The fraction of sp³-hybridized carbons (Fsp3) is 0.625. The third kappa shape index (κ3) is 5.16. The standard InChI is InChI=1S/C24H37N5O/c1-19(2)15-20-16-21(26-25-20)17-27-10-6-7-22(18-27)28-11-13-29(14-12-28)23-8-4-5-9-24(23)30-3/h4-5,8-9,16,19,22H,6-7,10-15,17-18H2,1-3H3,(H,25,26)/t22-/m0/s1. The van der Waals surface area contributed by atoms with Crippen LogP contribution in [-0.2, 0) is 13.0 Å². The van der Waals surface area contributed by atoms with Gasteiger partial charge in [0, 0.05) is 51.0 Å². The Balaban J connectivity index is 1.29. The zero-order chi connectivity index (χ0) is 20.9. The van der Waals surface area contributed by atoms with Crippen LogP contribution < -0.4 is 9.64 Å². The molecule has 2 fully saturated rings. The van der Waals surface area contributed by atoms with Crippen LogP contribution in [0.15, 0.2) is 30.3 Å². The Morgan fingerprint density at radius 1 is 1.13 bits per heavy atom. The van der Waals surface area contributed by atoms with Crippen molar-refractivity contribution in [1.29, 1.82) is 0 Å². The van der Waals surface area contributed by atoms with E-state index in [1.54, 1.807) is 7.11 Å². The van der Waals surface area contributed by atoms with Crippen molar-refractivity contribution in [1.82, 2.24) is 20.0 Å².